The van der Waals surface area contributed by atoms with Gasteiger partial charge in [0, 0.05) is 22.7 Å². The van der Waals surface area contributed by atoms with Crippen LogP contribution >= 0.6 is 11.6 Å². The van der Waals surface area contributed by atoms with Gasteiger partial charge < -0.3 is 4.74 Å². The molecule has 0 aliphatic carbocycles. The first-order valence-electron chi connectivity index (χ1n) is 7.69. The van der Waals surface area contributed by atoms with Gasteiger partial charge >= 0.3 is 0 Å². The molecule has 0 saturated heterocycles. The van der Waals surface area contributed by atoms with E-state index in [0.29, 0.717) is 6.61 Å². The fourth-order valence-electron chi connectivity index (χ4n) is 2.39. The molecule has 0 saturated carbocycles. The van der Waals surface area contributed by atoms with E-state index in [-0.39, 0.29) is 5.41 Å². The second kappa shape index (κ2) is 6.21. The van der Waals surface area contributed by atoms with E-state index in [2.05, 4.69) is 37.9 Å². The minimum absolute atomic E-state index is 0.100. The van der Waals surface area contributed by atoms with E-state index >= 15 is 0 Å². The van der Waals surface area contributed by atoms with Crippen molar-refractivity contribution in [2.75, 3.05) is 0 Å². The highest BCUT2D eigenvalue weighted by molar-refractivity contribution is 6.30. The van der Waals surface area contributed by atoms with Crippen molar-refractivity contribution < 1.29 is 4.74 Å². The van der Waals surface area contributed by atoms with Crippen LogP contribution in [-0.4, -0.2) is 4.98 Å². The third-order valence-electron chi connectivity index (χ3n) is 3.82. The fraction of sp³-hybridized carbons (Fsp3) is 0.250. The van der Waals surface area contributed by atoms with E-state index in [4.69, 9.17) is 16.3 Å². The summed E-state index contributed by atoms with van der Waals surface area (Å²) in [5.41, 5.74) is 3.33. The van der Waals surface area contributed by atoms with Crippen LogP contribution in [0.4, 0.5) is 0 Å². The van der Waals surface area contributed by atoms with Crippen LogP contribution in [0.2, 0.25) is 5.02 Å². The molecule has 0 aliphatic heterocycles. The number of benzene rings is 2. The topological polar surface area (TPSA) is 22.1 Å². The summed E-state index contributed by atoms with van der Waals surface area (Å²) < 4.78 is 5.85. The number of fused-ring (bicyclic) bond motifs is 1. The van der Waals surface area contributed by atoms with Gasteiger partial charge in [-0.25, -0.2) is 0 Å². The highest BCUT2D eigenvalue weighted by Gasteiger charge is 2.14. The first-order valence-corrected chi connectivity index (χ1v) is 8.07. The van der Waals surface area contributed by atoms with E-state index in [1.54, 1.807) is 0 Å². The fourth-order valence-corrected chi connectivity index (χ4v) is 2.61. The Morgan fingerprint density at radius 1 is 1.04 bits per heavy atom. The van der Waals surface area contributed by atoms with Crippen LogP contribution in [0.15, 0.2) is 54.7 Å². The number of aromatic nitrogens is 1. The Balaban J connectivity index is 1.80. The first kappa shape index (κ1) is 15.8. The maximum Gasteiger partial charge on any atom is 0.122 e. The minimum Gasteiger partial charge on any atom is -0.489 e. The molecule has 1 heterocycles. The zero-order chi connectivity index (χ0) is 16.4. The Morgan fingerprint density at radius 2 is 1.87 bits per heavy atom. The number of hydrogen-bond donors (Lipinski definition) is 0. The summed E-state index contributed by atoms with van der Waals surface area (Å²) in [6, 6.07) is 15.9. The molecule has 2 aromatic carbocycles. The molecule has 118 valence electrons. The molecule has 0 aliphatic rings. The third kappa shape index (κ3) is 3.83. The maximum absolute atomic E-state index is 5.99. The molecule has 0 unspecified atom stereocenters. The Labute approximate surface area is 142 Å². The van der Waals surface area contributed by atoms with Crippen LogP contribution in [0.5, 0.6) is 5.75 Å². The Morgan fingerprint density at radius 3 is 2.61 bits per heavy atom. The molecule has 0 amide bonds. The van der Waals surface area contributed by atoms with E-state index in [1.165, 1.54) is 5.56 Å². The van der Waals surface area contributed by atoms with E-state index in [1.807, 2.05) is 42.6 Å². The molecule has 3 aromatic rings. The summed E-state index contributed by atoms with van der Waals surface area (Å²) in [7, 11) is 0. The number of ether oxygens (including phenoxy) is 1. The second-order valence-corrected chi connectivity index (χ2v) is 7.18. The second-order valence-electron chi connectivity index (χ2n) is 6.75. The highest BCUT2D eigenvalue weighted by Crippen LogP contribution is 2.26. The molecule has 3 heteroatoms. The molecule has 0 spiro atoms. The van der Waals surface area contributed by atoms with Crippen molar-refractivity contribution in [2.24, 2.45) is 0 Å². The van der Waals surface area contributed by atoms with Gasteiger partial charge in [-0.2, -0.15) is 0 Å². The predicted molar refractivity (Wildman–Crippen MR) is 96.2 cm³/mol. The monoisotopic (exact) mass is 325 g/mol. The molecule has 2 nitrogen and oxygen atoms in total. The molecule has 1 aromatic heterocycles. The normalized spacial score (nSPS) is 11.7. The lowest BCUT2D eigenvalue weighted by molar-refractivity contribution is 0.306. The molecule has 23 heavy (non-hydrogen) atoms. The zero-order valence-electron chi connectivity index (χ0n) is 13.6. The smallest absolute Gasteiger partial charge is 0.122 e. The van der Waals surface area contributed by atoms with Crippen molar-refractivity contribution >= 4 is 22.5 Å². The maximum atomic E-state index is 5.99. The van der Waals surface area contributed by atoms with Crippen LogP contribution in [0, 0.1) is 0 Å². The van der Waals surface area contributed by atoms with Crippen molar-refractivity contribution in [1.82, 2.24) is 4.98 Å². The lowest BCUT2D eigenvalue weighted by atomic mass is 9.87. The SMILES string of the molecule is CC(C)(C)c1cnc2cc(OCc3cccc(Cl)c3)ccc2c1. The quantitative estimate of drug-likeness (QED) is 0.610. The number of pyridine rings is 1. The molecule has 0 N–H and O–H groups in total. The van der Waals surface area contributed by atoms with Crippen molar-refractivity contribution in [1.29, 1.82) is 0 Å². The zero-order valence-corrected chi connectivity index (χ0v) is 14.4. The summed E-state index contributed by atoms with van der Waals surface area (Å²) in [5.74, 6) is 0.813. The van der Waals surface area contributed by atoms with Crippen molar-refractivity contribution in [3.05, 3.63) is 70.9 Å². The van der Waals surface area contributed by atoms with Crippen molar-refractivity contribution in [3.8, 4) is 5.75 Å². The summed E-state index contributed by atoms with van der Waals surface area (Å²) in [5, 5.41) is 1.86. The lowest BCUT2D eigenvalue weighted by Crippen LogP contribution is -2.11. The van der Waals surface area contributed by atoms with Gasteiger partial charge in [0.05, 0.1) is 5.52 Å². The number of nitrogens with zero attached hydrogens (tertiary/aromatic N) is 1. The van der Waals surface area contributed by atoms with Gasteiger partial charge in [-0.1, -0.05) is 44.5 Å². The highest BCUT2D eigenvalue weighted by atomic mass is 35.5. The van der Waals surface area contributed by atoms with Crippen LogP contribution in [0.25, 0.3) is 10.9 Å². The third-order valence-corrected chi connectivity index (χ3v) is 4.05. The van der Waals surface area contributed by atoms with Crippen LogP contribution in [-0.2, 0) is 12.0 Å². The summed E-state index contributed by atoms with van der Waals surface area (Å²) in [6.07, 6.45) is 1.95. The first-order chi connectivity index (χ1) is 10.9. The van der Waals surface area contributed by atoms with E-state index in [0.717, 1.165) is 27.2 Å². The van der Waals surface area contributed by atoms with Gasteiger partial charge in [-0.3, -0.25) is 4.98 Å². The molecule has 0 bridgehead atoms. The van der Waals surface area contributed by atoms with Gasteiger partial charge in [0.15, 0.2) is 0 Å². The van der Waals surface area contributed by atoms with Gasteiger partial charge in [-0.05, 0) is 46.9 Å². The molecule has 3 rings (SSSR count). The van der Waals surface area contributed by atoms with Crippen molar-refractivity contribution in [3.63, 3.8) is 0 Å². The average molecular weight is 326 g/mol. The van der Waals surface area contributed by atoms with Crippen LogP contribution < -0.4 is 4.74 Å². The summed E-state index contributed by atoms with van der Waals surface area (Å²) in [4.78, 5) is 4.58. The van der Waals surface area contributed by atoms with Gasteiger partial charge in [-0.15, -0.1) is 0 Å². The summed E-state index contributed by atoms with van der Waals surface area (Å²) in [6.45, 7) is 7.07. The number of halogens is 1. The molecule has 0 fully saturated rings. The van der Waals surface area contributed by atoms with Crippen molar-refractivity contribution in [2.45, 2.75) is 32.8 Å². The van der Waals surface area contributed by atoms with Gasteiger partial charge in [0.2, 0.25) is 0 Å². The van der Waals surface area contributed by atoms with Crippen LogP contribution in [0.1, 0.15) is 31.9 Å². The Kier molecular flexibility index (Phi) is 4.27. The largest absolute Gasteiger partial charge is 0.489 e. The number of hydrogen-bond acceptors (Lipinski definition) is 2. The van der Waals surface area contributed by atoms with Gasteiger partial charge in [0.25, 0.3) is 0 Å². The minimum atomic E-state index is 0.100. The molecule has 0 atom stereocenters. The number of rotatable bonds is 3. The Bertz CT molecular complexity index is 836. The summed E-state index contributed by atoms with van der Waals surface area (Å²) >= 11 is 5.99. The van der Waals surface area contributed by atoms with Crippen LogP contribution in [0.3, 0.4) is 0 Å². The standard InChI is InChI=1S/C20H20ClNO/c1-20(2,3)16-10-15-7-8-18(11-19(15)22-12-16)23-13-14-5-4-6-17(21)9-14/h4-12H,13H2,1-3H3. The van der Waals surface area contributed by atoms with E-state index in [9.17, 15) is 0 Å². The molecule has 0 radical (unpaired) electrons. The predicted octanol–water partition coefficient (Wildman–Crippen LogP) is 5.76. The Hall–Kier alpha value is -2.06. The lowest BCUT2D eigenvalue weighted by Gasteiger charge is -2.18. The van der Waals surface area contributed by atoms with E-state index < -0.39 is 0 Å². The molecular weight excluding hydrogens is 306 g/mol. The molecular formula is C20H20ClNO. The van der Waals surface area contributed by atoms with Gasteiger partial charge in [0.1, 0.15) is 12.4 Å². The average Bonchev–Trinajstić information content (AvgIpc) is 2.51.